The van der Waals surface area contributed by atoms with Gasteiger partial charge in [0.2, 0.25) is 11.8 Å². The number of anilines is 1. The van der Waals surface area contributed by atoms with E-state index in [0.717, 1.165) is 54.1 Å². The zero-order valence-corrected chi connectivity index (χ0v) is 34.1. The standard InChI is InChI=1S/C45H49N9O7/c1-60-44(58)50-38(29-11-5-3-6-12-29)42(56)53-22-9-15-35(53)34-27-46-40(49-34)31-21-24-52(37(55)25-31)32-19-17-28(18-20-32)33-26-47-41(48-33)36-16-10-23-54(36)43(57)39(51-45(59)61-2)30-13-7-4-8-14-30/h3-8,11-14,17-20,26-27,31,35-36,38-39H,9-10,15-16,21-25H2,1-2H3,(H,46,49)(H,47,48)(H,50,58)(H,51,59)/t31?,35-,36-,38+,39+/m0/s1. The van der Waals surface area contributed by atoms with Crippen LogP contribution in [0.1, 0.15) is 97.1 Å². The molecule has 3 aromatic carbocycles. The lowest BCUT2D eigenvalue weighted by Gasteiger charge is -2.31. The number of imidazole rings is 2. The molecule has 3 aliphatic rings. The summed E-state index contributed by atoms with van der Waals surface area (Å²) >= 11 is 0. The van der Waals surface area contributed by atoms with Gasteiger partial charge in [-0.15, -0.1) is 0 Å². The molecule has 0 spiro atoms. The van der Waals surface area contributed by atoms with Crippen LogP contribution >= 0.6 is 0 Å². The summed E-state index contributed by atoms with van der Waals surface area (Å²) in [7, 11) is 2.54. The number of aromatic nitrogens is 4. The van der Waals surface area contributed by atoms with Crippen molar-refractivity contribution in [1.29, 1.82) is 0 Å². The van der Waals surface area contributed by atoms with Gasteiger partial charge >= 0.3 is 12.2 Å². The van der Waals surface area contributed by atoms with Gasteiger partial charge in [0.15, 0.2) is 0 Å². The van der Waals surface area contributed by atoms with Crippen molar-refractivity contribution in [3.05, 3.63) is 126 Å². The van der Waals surface area contributed by atoms with E-state index in [0.29, 0.717) is 43.0 Å². The Kier molecular flexibility index (Phi) is 12.1. The molecular weight excluding hydrogens is 779 g/mol. The fraction of sp³-hybridized carbons (Fsp3) is 0.356. The average Bonchev–Trinajstić information content (AvgIpc) is 4.15. The summed E-state index contributed by atoms with van der Waals surface area (Å²) in [6.07, 6.45) is 6.18. The normalized spacial score (nSPS) is 19.9. The minimum Gasteiger partial charge on any atom is -0.453 e. The molecule has 5 amide bonds. The predicted octanol–water partition coefficient (Wildman–Crippen LogP) is 6.23. The highest BCUT2D eigenvalue weighted by molar-refractivity contribution is 5.95. The van der Waals surface area contributed by atoms with Crippen molar-refractivity contribution in [3.63, 3.8) is 0 Å². The molecule has 0 radical (unpaired) electrons. The molecule has 5 atom stereocenters. The zero-order valence-electron chi connectivity index (χ0n) is 34.1. The molecule has 2 aromatic heterocycles. The topological polar surface area (TPSA) is 195 Å². The van der Waals surface area contributed by atoms with Crippen molar-refractivity contribution in [2.75, 3.05) is 38.8 Å². The molecule has 1 unspecified atom stereocenters. The number of H-pyrrole nitrogens is 2. The van der Waals surface area contributed by atoms with Crippen LogP contribution in [0.3, 0.4) is 0 Å². The number of aromatic amines is 2. The fourth-order valence-electron chi connectivity index (χ4n) is 8.76. The van der Waals surface area contributed by atoms with Gasteiger partial charge in [-0.2, -0.15) is 0 Å². The lowest BCUT2D eigenvalue weighted by Crippen LogP contribution is -2.42. The number of rotatable bonds is 11. The Hall–Kier alpha value is -6.97. The van der Waals surface area contributed by atoms with E-state index >= 15 is 0 Å². The minimum atomic E-state index is -0.904. The number of ether oxygens (including phenoxy) is 2. The number of likely N-dealkylation sites (tertiary alicyclic amines) is 2. The van der Waals surface area contributed by atoms with Crippen LogP contribution in [0, 0.1) is 0 Å². The maximum Gasteiger partial charge on any atom is 0.407 e. The van der Waals surface area contributed by atoms with Crippen molar-refractivity contribution in [1.82, 2.24) is 40.4 Å². The maximum atomic E-state index is 13.9. The molecule has 3 fully saturated rings. The lowest BCUT2D eigenvalue weighted by molar-refractivity contribution is -0.135. The highest BCUT2D eigenvalue weighted by Gasteiger charge is 2.39. The van der Waals surface area contributed by atoms with Gasteiger partial charge in [0.25, 0.3) is 5.91 Å². The number of hydrogen-bond acceptors (Lipinski definition) is 9. The van der Waals surface area contributed by atoms with Crippen LogP contribution in [-0.4, -0.2) is 93.5 Å². The SMILES string of the molecule is COC(=O)N[C@@H](C(=O)N1CCC[C@H]1c1cnc(C2CCN(c3ccc(-c4cnc([C@@H]5CCCN5C(=O)[C@H](NC(=O)OC)c5ccccc5)[nH]4)cc3)C(=O)C2)[nH]1)c1ccccc1. The van der Waals surface area contributed by atoms with E-state index < -0.39 is 24.3 Å². The summed E-state index contributed by atoms with van der Waals surface area (Å²) in [6, 6.07) is 23.6. The molecule has 5 aromatic rings. The predicted molar refractivity (Wildman–Crippen MR) is 224 cm³/mol. The number of methoxy groups -OCH3 is 2. The van der Waals surface area contributed by atoms with Gasteiger partial charge in [0.05, 0.1) is 50.1 Å². The number of amides is 5. The first kappa shape index (κ1) is 40.8. The van der Waals surface area contributed by atoms with Crippen LogP contribution < -0.4 is 15.5 Å². The molecule has 0 aliphatic carbocycles. The highest BCUT2D eigenvalue weighted by Crippen LogP contribution is 2.37. The van der Waals surface area contributed by atoms with E-state index in [-0.39, 0.29) is 42.1 Å². The average molecular weight is 828 g/mol. The summed E-state index contributed by atoms with van der Waals surface area (Å²) in [4.78, 5) is 87.5. The monoisotopic (exact) mass is 827 g/mol. The smallest absolute Gasteiger partial charge is 0.407 e. The summed E-state index contributed by atoms with van der Waals surface area (Å²) in [6.45, 7) is 1.58. The van der Waals surface area contributed by atoms with E-state index in [2.05, 4.69) is 25.6 Å². The van der Waals surface area contributed by atoms with Gasteiger partial charge in [0, 0.05) is 37.7 Å². The number of alkyl carbamates (subject to hydrolysis) is 2. The van der Waals surface area contributed by atoms with Gasteiger partial charge in [-0.25, -0.2) is 19.6 Å². The summed E-state index contributed by atoms with van der Waals surface area (Å²) in [5.74, 6) is 0.798. The second-order valence-corrected chi connectivity index (χ2v) is 15.5. The van der Waals surface area contributed by atoms with E-state index in [1.54, 1.807) is 51.4 Å². The molecule has 8 rings (SSSR count). The van der Waals surface area contributed by atoms with Gasteiger partial charge in [-0.3, -0.25) is 14.4 Å². The first-order valence-electron chi connectivity index (χ1n) is 20.6. The number of carbonyl (C=O) groups excluding carboxylic acids is 5. The molecule has 61 heavy (non-hydrogen) atoms. The third kappa shape index (κ3) is 8.69. The third-order valence-corrected chi connectivity index (χ3v) is 11.9. The van der Waals surface area contributed by atoms with E-state index in [1.807, 2.05) is 60.7 Å². The Labute approximate surface area is 353 Å². The molecular formula is C45H49N9O7. The molecule has 0 saturated carbocycles. The van der Waals surface area contributed by atoms with Crippen LogP contribution in [0.4, 0.5) is 15.3 Å². The minimum absolute atomic E-state index is 0.00970. The Morgan fingerprint density at radius 3 is 1.80 bits per heavy atom. The first-order valence-corrected chi connectivity index (χ1v) is 20.6. The van der Waals surface area contributed by atoms with Crippen LogP contribution in [0.25, 0.3) is 11.3 Å². The van der Waals surface area contributed by atoms with Crippen molar-refractivity contribution in [2.45, 2.75) is 68.6 Å². The quantitative estimate of drug-likeness (QED) is 0.119. The second-order valence-electron chi connectivity index (χ2n) is 15.5. The summed E-state index contributed by atoms with van der Waals surface area (Å²) < 4.78 is 9.64. The Morgan fingerprint density at radius 1 is 0.672 bits per heavy atom. The maximum absolute atomic E-state index is 13.9. The van der Waals surface area contributed by atoms with Gasteiger partial charge in [-0.1, -0.05) is 72.8 Å². The van der Waals surface area contributed by atoms with Crippen molar-refractivity contribution >= 4 is 35.6 Å². The molecule has 5 heterocycles. The van der Waals surface area contributed by atoms with E-state index in [1.165, 1.54) is 14.2 Å². The fourth-order valence-corrected chi connectivity index (χ4v) is 8.76. The Balaban J connectivity index is 0.897. The second kappa shape index (κ2) is 18.1. The molecule has 16 heteroatoms. The van der Waals surface area contributed by atoms with Crippen LogP contribution in [0.15, 0.2) is 97.3 Å². The number of carbonyl (C=O) groups is 5. The highest BCUT2D eigenvalue weighted by atomic mass is 16.5. The Bertz CT molecular complexity index is 2350. The van der Waals surface area contributed by atoms with Crippen molar-refractivity contribution < 1.29 is 33.4 Å². The summed E-state index contributed by atoms with van der Waals surface area (Å²) in [5.41, 5.74) is 4.58. The van der Waals surface area contributed by atoms with Crippen molar-refractivity contribution in [3.8, 4) is 11.3 Å². The van der Waals surface area contributed by atoms with Crippen LogP contribution in [0.2, 0.25) is 0 Å². The van der Waals surface area contributed by atoms with Gasteiger partial charge in [0.1, 0.15) is 23.7 Å². The van der Waals surface area contributed by atoms with Crippen LogP contribution in [0.5, 0.6) is 0 Å². The lowest BCUT2D eigenvalue weighted by atomic mass is 9.95. The van der Waals surface area contributed by atoms with Crippen molar-refractivity contribution in [2.24, 2.45) is 0 Å². The van der Waals surface area contributed by atoms with Crippen LogP contribution in [-0.2, 0) is 23.9 Å². The molecule has 0 bridgehead atoms. The Morgan fingerprint density at radius 2 is 1.23 bits per heavy atom. The van der Waals surface area contributed by atoms with Gasteiger partial charge < -0.3 is 44.8 Å². The number of nitrogens with one attached hydrogen (secondary N) is 4. The van der Waals surface area contributed by atoms with E-state index in [4.69, 9.17) is 14.5 Å². The molecule has 16 nitrogen and oxygen atoms in total. The zero-order chi connectivity index (χ0) is 42.5. The molecule has 4 N–H and O–H groups in total. The molecule has 3 saturated heterocycles. The summed E-state index contributed by atoms with van der Waals surface area (Å²) in [5, 5.41) is 5.40. The largest absolute Gasteiger partial charge is 0.453 e. The first-order chi connectivity index (χ1) is 29.7. The molecule has 3 aliphatic heterocycles. The third-order valence-electron chi connectivity index (χ3n) is 11.9. The number of benzene rings is 3. The van der Waals surface area contributed by atoms with Gasteiger partial charge in [-0.05, 0) is 60.9 Å². The number of hydrogen-bond donors (Lipinski definition) is 4. The molecule has 316 valence electrons. The number of piperidine rings is 1. The van der Waals surface area contributed by atoms with E-state index in [9.17, 15) is 24.0 Å². The number of nitrogens with zero attached hydrogens (tertiary/aromatic N) is 5.